The lowest BCUT2D eigenvalue weighted by molar-refractivity contribution is -0.142. The fraction of sp³-hybridized carbons (Fsp3) is 0.167. The third kappa shape index (κ3) is 4.39. The fourth-order valence-electron chi connectivity index (χ4n) is 4.06. The number of aliphatic carboxylic acids is 1. The van der Waals surface area contributed by atoms with E-state index in [4.69, 9.17) is 4.74 Å². The van der Waals surface area contributed by atoms with Gasteiger partial charge in [-0.05, 0) is 39.9 Å². The number of hydrogen-bond donors (Lipinski definition) is 2. The molecule has 0 bridgehead atoms. The Balaban J connectivity index is 1.54. The Morgan fingerprint density at radius 2 is 1.55 bits per heavy atom. The highest BCUT2D eigenvalue weighted by Gasteiger charge is 2.38. The second-order valence-corrected chi connectivity index (χ2v) is 7.47. The van der Waals surface area contributed by atoms with Crippen LogP contribution in [0.25, 0.3) is 11.1 Å². The Bertz CT molecular complexity index is 1180. The zero-order valence-electron chi connectivity index (χ0n) is 16.9. The van der Waals surface area contributed by atoms with Gasteiger partial charge in [0.1, 0.15) is 12.4 Å². The predicted molar refractivity (Wildman–Crippen MR) is 110 cm³/mol. The molecule has 4 rings (SSSR count). The molecule has 9 heteroatoms. The number of carbonyl (C=O) groups is 2. The van der Waals surface area contributed by atoms with Crippen molar-refractivity contribution in [3.63, 3.8) is 0 Å². The number of fused-ring (bicyclic) bond motifs is 3. The first-order valence-electron chi connectivity index (χ1n) is 9.87. The first-order chi connectivity index (χ1) is 15.7. The van der Waals surface area contributed by atoms with Gasteiger partial charge in [-0.2, -0.15) is 13.2 Å². The highest BCUT2D eigenvalue weighted by molar-refractivity contribution is 5.82. The van der Waals surface area contributed by atoms with Gasteiger partial charge < -0.3 is 15.2 Å². The molecule has 33 heavy (non-hydrogen) atoms. The van der Waals surface area contributed by atoms with Crippen LogP contribution in [0.3, 0.4) is 0 Å². The number of carboxylic acids is 1. The van der Waals surface area contributed by atoms with Gasteiger partial charge in [0, 0.05) is 5.92 Å². The number of alkyl carbamates (subject to hydrolysis) is 1. The maximum absolute atomic E-state index is 13.4. The van der Waals surface area contributed by atoms with E-state index in [0.29, 0.717) is 12.1 Å². The molecule has 0 saturated heterocycles. The lowest BCUT2D eigenvalue weighted by atomic mass is 9.98. The van der Waals surface area contributed by atoms with E-state index in [1.54, 1.807) is 0 Å². The Labute approximate surface area is 185 Å². The number of amides is 1. The second-order valence-electron chi connectivity index (χ2n) is 7.47. The number of carbonyl (C=O) groups excluding carboxylic acids is 1. The van der Waals surface area contributed by atoms with Crippen molar-refractivity contribution >= 4 is 12.1 Å². The van der Waals surface area contributed by atoms with Crippen LogP contribution in [0.2, 0.25) is 0 Å². The summed E-state index contributed by atoms with van der Waals surface area (Å²) >= 11 is 0. The maximum Gasteiger partial charge on any atom is 0.416 e. The number of hydrogen-bond acceptors (Lipinski definition) is 3. The Morgan fingerprint density at radius 3 is 2.09 bits per heavy atom. The van der Waals surface area contributed by atoms with Gasteiger partial charge in [0.15, 0.2) is 6.04 Å². The molecule has 3 aromatic carbocycles. The van der Waals surface area contributed by atoms with Crippen molar-refractivity contribution < 1.29 is 37.0 Å². The molecule has 1 atom stereocenters. The lowest BCUT2D eigenvalue weighted by Gasteiger charge is -2.20. The number of halogens is 4. The number of nitrogens with one attached hydrogen (secondary N) is 1. The van der Waals surface area contributed by atoms with E-state index < -0.39 is 41.2 Å². The van der Waals surface area contributed by atoms with Crippen LogP contribution in [0.1, 0.15) is 34.2 Å². The van der Waals surface area contributed by atoms with Crippen LogP contribution in [-0.2, 0) is 15.7 Å². The second kappa shape index (κ2) is 8.57. The van der Waals surface area contributed by atoms with Crippen molar-refractivity contribution in [2.24, 2.45) is 0 Å². The number of benzene rings is 3. The summed E-state index contributed by atoms with van der Waals surface area (Å²) in [6, 6.07) is 14.5. The summed E-state index contributed by atoms with van der Waals surface area (Å²) in [6.07, 6.45) is -6.23. The molecule has 5 nitrogen and oxygen atoms in total. The minimum Gasteiger partial charge on any atom is -0.479 e. The number of alkyl halides is 3. The van der Waals surface area contributed by atoms with Crippen molar-refractivity contribution in [3.8, 4) is 11.1 Å². The summed E-state index contributed by atoms with van der Waals surface area (Å²) in [6.45, 7) is -0.151. The molecule has 0 radical (unpaired) electrons. The normalized spacial score (nSPS) is 13.7. The van der Waals surface area contributed by atoms with E-state index in [2.05, 4.69) is 0 Å². The van der Waals surface area contributed by atoms with Gasteiger partial charge >= 0.3 is 18.2 Å². The first kappa shape index (κ1) is 22.3. The number of rotatable bonds is 5. The SMILES string of the molecule is O=C(NC(C(=O)O)c1ccc(F)cc1C(F)(F)F)OCC1c2ccccc2-c2ccccc21. The Morgan fingerprint density at radius 1 is 0.970 bits per heavy atom. The van der Waals surface area contributed by atoms with Gasteiger partial charge in [0.2, 0.25) is 0 Å². The molecule has 0 spiro atoms. The molecule has 2 N–H and O–H groups in total. The van der Waals surface area contributed by atoms with Crippen LogP contribution in [0.4, 0.5) is 22.4 Å². The molecule has 170 valence electrons. The fourth-order valence-corrected chi connectivity index (χ4v) is 4.06. The van der Waals surface area contributed by atoms with Gasteiger partial charge in [-0.25, -0.2) is 14.0 Å². The van der Waals surface area contributed by atoms with Crippen LogP contribution in [0.5, 0.6) is 0 Å². The topological polar surface area (TPSA) is 75.6 Å². The summed E-state index contributed by atoms with van der Waals surface area (Å²) in [5, 5.41) is 11.4. The quantitative estimate of drug-likeness (QED) is 0.494. The van der Waals surface area contributed by atoms with Gasteiger partial charge in [-0.1, -0.05) is 54.6 Å². The van der Waals surface area contributed by atoms with E-state index >= 15 is 0 Å². The molecule has 0 aliphatic heterocycles. The average molecular weight is 459 g/mol. The summed E-state index contributed by atoms with van der Waals surface area (Å²) in [4.78, 5) is 24.0. The minimum absolute atomic E-state index is 0.151. The van der Waals surface area contributed by atoms with Crippen LogP contribution < -0.4 is 5.32 Å². The van der Waals surface area contributed by atoms with Crippen molar-refractivity contribution in [1.29, 1.82) is 0 Å². The molecule has 1 aliphatic carbocycles. The van der Waals surface area contributed by atoms with Crippen LogP contribution in [0.15, 0.2) is 66.7 Å². The molecule has 0 aromatic heterocycles. The molecule has 0 saturated carbocycles. The van der Waals surface area contributed by atoms with Gasteiger partial charge in [-0.15, -0.1) is 0 Å². The van der Waals surface area contributed by atoms with Crippen molar-refractivity contribution in [1.82, 2.24) is 5.32 Å². The average Bonchev–Trinajstić information content (AvgIpc) is 3.09. The van der Waals surface area contributed by atoms with E-state index in [1.165, 1.54) is 0 Å². The summed E-state index contributed by atoms with van der Waals surface area (Å²) in [7, 11) is 0. The van der Waals surface area contributed by atoms with Crippen molar-refractivity contribution in [3.05, 3.63) is 94.8 Å². The van der Waals surface area contributed by atoms with E-state index in [0.717, 1.165) is 22.3 Å². The highest BCUT2D eigenvalue weighted by Crippen LogP contribution is 2.44. The molecule has 0 fully saturated rings. The maximum atomic E-state index is 13.4. The van der Waals surface area contributed by atoms with E-state index in [1.807, 2.05) is 53.8 Å². The third-order valence-corrected chi connectivity index (χ3v) is 5.48. The van der Waals surface area contributed by atoms with Crippen LogP contribution >= 0.6 is 0 Å². The molecular weight excluding hydrogens is 442 g/mol. The summed E-state index contributed by atoms with van der Waals surface area (Å²) < 4.78 is 58.6. The minimum atomic E-state index is -5.02. The predicted octanol–water partition coefficient (Wildman–Crippen LogP) is 5.51. The largest absolute Gasteiger partial charge is 0.479 e. The van der Waals surface area contributed by atoms with E-state index in [9.17, 15) is 32.3 Å². The van der Waals surface area contributed by atoms with Gasteiger partial charge in [0.05, 0.1) is 5.56 Å². The van der Waals surface area contributed by atoms with E-state index in [-0.39, 0.29) is 18.6 Å². The molecule has 1 unspecified atom stereocenters. The molecule has 1 amide bonds. The van der Waals surface area contributed by atoms with Gasteiger partial charge in [0.25, 0.3) is 0 Å². The Hall–Kier alpha value is -3.88. The molecule has 1 aliphatic rings. The lowest BCUT2D eigenvalue weighted by Crippen LogP contribution is -2.36. The van der Waals surface area contributed by atoms with Crippen LogP contribution in [-0.4, -0.2) is 23.8 Å². The highest BCUT2D eigenvalue weighted by atomic mass is 19.4. The monoisotopic (exact) mass is 459 g/mol. The number of carboxylic acid groups (broad SMARTS) is 1. The van der Waals surface area contributed by atoms with Crippen LogP contribution in [0, 0.1) is 5.82 Å². The summed E-state index contributed by atoms with van der Waals surface area (Å²) in [5.41, 5.74) is 1.50. The zero-order valence-corrected chi connectivity index (χ0v) is 16.9. The van der Waals surface area contributed by atoms with Crippen molar-refractivity contribution in [2.75, 3.05) is 6.61 Å². The number of ether oxygens (including phenoxy) is 1. The molecular formula is C24H17F4NO4. The molecule has 3 aromatic rings. The van der Waals surface area contributed by atoms with Crippen molar-refractivity contribution in [2.45, 2.75) is 18.1 Å². The zero-order chi connectivity index (χ0) is 23.8. The standard InChI is InChI=1S/C24H17F4NO4/c25-13-9-10-18(20(11-13)24(26,27)28)21(22(30)31)29-23(32)33-12-19-16-7-3-1-5-14(16)15-6-2-4-8-17(15)19/h1-11,19,21H,12H2,(H,29,32)(H,30,31). The van der Waals surface area contributed by atoms with Gasteiger partial charge in [-0.3, -0.25) is 0 Å². The smallest absolute Gasteiger partial charge is 0.416 e. The first-order valence-corrected chi connectivity index (χ1v) is 9.87. The summed E-state index contributed by atoms with van der Waals surface area (Å²) in [5.74, 6) is -3.25. The Kier molecular flexibility index (Phi) is 5.80. The third-order valence-electron chi connectivity index (χ3n) is 5.48. The molecule has 0 heterocycles.